The van der Waals surface area contributed by atoms with Crippen molar-refractivity contribution in [3.8, 4) is 0 Å². The van der Waals surface area contributed by atoms with Crippen molar-refractivity contribution >= 4 is 0 Å². The number of methoxy groups -OCH3 is 4. The topological polar surface area (TPSA) is 55.4 Å². The Balaban J connectivity index is 0.000000180. The predicted octanol–water partition coefficient (Wildman–Crippen LogP) is 1.26. The van der Waals surface area contributed by atoms with Crippen molar-refractivity contribution in [3.63, 3.8) is 0 Å². The van der Waals surface area contributed by atoms with Crippen LogP contribution in [0, 0.1) is 0 Å². The first kappa shape index (κ1) is 15.6. The zero-order chi connectivity index (χ0) is 13.4. The predicted molar refractivity (Wildman–Crippen MR) is 63.7 cm³/mol. The molecule has 6 heteroatoms. The molecule has 0 bridgehead atoms. The summed E-state index contributed by atoms with van der Waals surface area (Å²) in [6.07, 6.45) is 4.96. The molecule has 18 heavy (non-hydrogen) atoms. The van der Waals surface area contributed by atoms with Crippen LogP contribution in [0.15, 0.2) is 12.2 Å². The van der Waals surface area contributed by atoms with Crippen LogP contribution in [0.1, 0.15) is 12.8 Å². The van der Waals surface area contributed by atoms with Crippen molar-refractivity contribution in [3.05, 3.63) is 12.2 Å². The van der Waals surface area contributed by atoms with Crippen LogP contribution in [0.5, 0.6) is 0 Å². The summed E-state index contributed by atoms with van der Waals surface area (Å²) in [4.78, 5) is 0. The summed E-state index contributed by atoms with van der Waals surface area (Å²) in [6, 6.07) is 0. The van der Waals surface area contributed by atoms with Crippen LogP contribution < -0.4 is 0 Å². The van der Waals surface area contributed by atoms with Crippen molar-refractivity contribution in [2.45, 2.75) is 38.0 Å². The molecule has 0 aromatic rings. The minimum atomic E-state index is -0.227. The molecule has 0 aromatic carbocycles. The maximum atomic E-state index is 5.22. The molecule has 2 aliphatic rings. The first-order valence-corrected chi connectivity index (χ1v) is 5.84. The highest BCUT2D eigenvalue weighted by Gasteiger charge is 2.23. The van der Waals surface area contributed by atoms with Crippen LogP contribution in [0.4, 0.5) is 0 Å². The summed E-state index contributed by atoms with van der Waals surface area (Å²) in [5.41, 5.74) is 0. The Morgan fingerprint density at radius 1 is 0.722 bits per heavy atom. The van der Waals surface area contributed by atoms with Crippen LogP contribution in [0.3, 0.4) is 0 Å². The molecule has 4 unspecified atom stereocenters. The van der Waals surface area contributed by atoms with Crippen LogP contribution >= 0.6 is 0 Å². The molecule has 1 saturated heterocycles. The zero-order valence-electron chi connectivity index (χ0n) is 11.3. The first-order chi connectivity index (χ1) is 8.73. The monoisotopic (exact) mass is 262 g/mol. The van der Waals surface area contributed by atoms with Gasteiger partial charge in [0.15, 0.2) is 25.2 Å². The molecule has 2 rings (SSSR count). The molecule has 0 N–H and O–H groups in total. The summed E-state index contributed by atoms with van der Waals surface area (Å²) in [7, 11) is 6.46. The lowest BCUT2D eigenvalue weighted by Gasteiger charge is -2.09. The lowest BCUT2D eigenvalue weighted by atomic mass is 10.3. The van der Waals surface area contributed by atoms with E-state index in [0.29, 0.717) is 0 Å². The van der Waals surface area contributed by atoms with E-state index in [-0.39, 0.29) is 25.2 Å². The minimum Gasteiger partial charge on any atom is -0.356 e. The van der Waals surface area contributed by atoms with E-state index in [9.17, 15) is 0 Å². The number of hydrogen-bond acceptors (Lipinski definition) is 6. The van der Waals surface area contributed by atoms with E-state index in [0.717, 1.165) is 12.8 Å². The van der Waals surface area contributed by atoms with Gasteiger partial charge in [0.1, 0.15) is 0 Å². The lowest BCUT2D eigenvalue weighted by molar-refractivity contribution is -0.185. The summed E-state index contributed by atoms with van der Waals surface area (Å²) in [6.45, 7) is 0. The maximum Gasteiger partial charge on any atom is 0.180 e. The lowest BCUT2D eigenvalue weighted by Crippen LogP contribution is -2.14. The molecule has 2 heterocycles. The maximum absolute atomic E-state index is 5.22. The molecule has 0 amide bonds. The highest BCUT2D eigenvalue weighted by atomic mass is 16.8. The highest BCUT2D eigenvalue weighted by Crippen LogP contribution is 2.19. The molecule has 2 aliphatic heterocycles. The van der Waals surface area contributed by atoms with E-state index in [4.69, 9.17) is 28.4 Å². The van der Waals surface area contributed by atoms with Crippen molar-refractivity contribution in [2.24, 2.45) is 0 Å². The zero-order valence-corrected chi connectivity index (χ0v) is 11.3. The van der Waals surface area contributed by atoms with Gasteiger partial charge in [-0.15, -0.1) is 0 Å². The van der Waals surface area contributed by atoms with Gasteiger partial charge in [-0.25, -0.2) is 0 Å². The average Bonchev–Trinajstić information content (AvgIpc) is 3.07. The highest BCUT2D eigenvalue weighted by molar-refractivity contribution is 4.94. The fourth-order valence-electron chi connectivity index (χ4n) is 1.60. The second-order valence-corrected chi connectivity index (χ2v) is 3.77. The Hall–Kier alpha value is -0.500. The molecule has 0 aliphatic carbocycles. The van der Waals surface area contributed by atoms with Crippen molar-refractivity contribution < 1.29 is 28.4 Å². The number of ether oxygens (including phenoxy) is 6. The molecule has 106 valence electrons. The van der Waals surface area contributed by atoms with Gasteiger partial charge >= 0.3 is 0 Å². The molecule has 0 spiro atoms. The molecule has 0 aromatic heterocycles. The largest absolute Gasteiger partial charge is 0.356 e. The van der Waals surface area contributed by atoms with Crippen molar-refractivity contribution in [1.29, 1.82) is 0 Å². The van der Waals surface area contributed by atoms with Crippen LogP contribution in [-0.4, -0.2) is 53.6 Å². The smallest absolute Gasteiger partial charge is 0.180 e. The van der Waals surface area contributed by atoms with E-state index < -0.39 is 0 Å². The molecule has 4 atom stereocenters. The Bertz CT molecular complexity index is 223. The summed E-state index contributed by atoms with van der Waals surface area (Å²) in [5.74, 6) is 0. The average molecular weight is 262 g/mol. The normalized spacial score (nSPS) is 34.4. The van der Waals surface area contributed by atoms with Crippen LogP contribution in [0.2, 0.25) is 0 Å². The van der Waals surface area contributed by atoms with Crippen LogP contribution in [-0.2, 0) is 28.4 Å². The molecular weight excluding hydrogens is 240 g/mol. The third kappa shape index (κ3) is 5.01. The standard InChI is InChI=1S/C6H12O3.C6H10O3/c2*1-7-5-3-4-6(8-2)9-5/h5-6H,3-4H2,1-2H3;3-6H,1-2H3. The molecule has 1 fully saturated rings. The Kier molecular flexibility index (Phi) is 7.41. The molecule has 0 radical (unpaired) electrons. The van der Waals surface area contributed by atoms with Gasteiger partial charge in [-0.1, -0.05) is 0 Å². The van der Waals surface area contributed by atoms with Gasteiger partial charge in [0, 0.05) is 41.3 Å². The second kappa shape index (κ2) is 8.58. The van der Waals surface area contributed by atoms with Gasteiger partial charge in [-0.05, 0) is 12.2 Å². The summed E-state index contributed by atoms with van der Waals surface area (Å²) in [5, 5.41) is 0. The second-order valence-electron chi connectivity index (χ2n) is 3.77. The van der Waals surface area contributed by atoms with Crippen molar-refractivity contribution in [1.82, 2.24) is 0 Å². The van der Waals surface area contributed by atoms with E-state index in [1.807, 2.05) is 12.2 Å². The van der Waals surface area contributed by atoms with Crippen molar-refractivity contribution in [2.75, 3.05) is 28.4 Å². The van der Waals surface area contributed by atoms with Gasteiger partial charge in [-0.3, -0.25) is 0 Å². The van der Waals surface area contributed by atoms with E-state index in [1.165, 1.54) is 0 Å². The van der Waals surface area contributed by atoms with Gasteiger partial charge in [0.2, 0.25) is 0 Å². The Morgan fingerprint density at radius 3 is 1.39 bits per heavy atom. The number of rotatable bonds is 4. The summed E-state index contributed by atoms with van der Waals surface area (Å²) >= 11 is 0. The van der Waals surface area contributed by atoms with Crippen LogP contribution in [0.25, 0.3) is 0 Å². The fraction of sp³-hybridized carbons (Fsp3) is 0.833. The molecule has 6 nitrogen and oxygen atoms in total. The van der Waals surface area contributed by atoms with Gasteiger partial charge in [0.25, 0.3) is 0 Å². The third-order valence-electron chi connectivity index (χ3n) is 2.63. The van der Waals surface area contributed by atoms with Gasteiger partial charge < -0.3 is 28.4 Å². The Morgan fingerprint density at radius 2 is 1.17 bits per heavy atom. The first-order valence-electron chi connectivity index (χ1n) is 5.84. The third-order valence-corrected chi connectivity index (χ3v) is 2.63. The molecule has 0 saturated carbocycles. The van der Waals surface area contributed by atoms with E-state index in [1.54, 1.807) is 28.4 Å². The molecular formula is C12H22O6. The fourth-order valence-corrected chi connectivity index (χ4v) is 1.60. The van der Waals surface area contributed by atoms with E-state index >= 15 is 0 Å². The quantitative estimate of drug-likeness (QED) is 0.711. The van der Waals surface area contributed by atoms with E-state index in [2.05, 4.69) is 0 Å². The number of hydrogen-bond donors (Lipinski definition) is 0. The Labute approximate surface area is 108 Å². The SMILES string of the molecule is COC1C=CC(OC)O1.COC1CCC(OC)O1. The minimum absolute atomic E-state index is 0.0463. The summed E-state index contributed by atoms with van der Waals surface area (Å²) < 4.78 is 29.9. The van der Waals surface area contributed by atoms with Gasteiger partial charge in [0.05, 0.1) is 0 Å². The van der Waals surface area contributed by atoms with Gasteiger partial charge in [-0.2, -0.15) is 0 Å².